The Hall–Kier alpha value is -2.29. The Kier molecular flexibility index (Phi) is 7.95. The molecule has 30 heavy (non-hydrogen) atoms. The topological polar surface area (TPSA) is 58.6 Å². The average Bonchev–Trinajstić information content (AvgIpc) is 3.49. The number of hydrogen-bond donors (Lipinski definition) is 1. The zero-order chi connectivity index (χ0) is 20.1. The second-order valence-electron chi connectivity index (χ2n) is 7.69. The van der Waals surface area contributed by atoms with Crippen molar-refractivity contribution in [2.75, 3.05) is 19.6 Å². The SMILES string of the molecule is CC(NC(=NCCc1ccco1)N1CCC(c2cnn(C)c2)C1)c1ccccc1.I. The fourth-order valence-electron chi connectivity index (χ4n) is 3.86. The van der Waals surface area contributed by atoms with Gasteiger partial charge in [0.2, 0.25) is 0 Å². The molecule has 0 aliphatic carbocycles. The molecular formula is C23H30IN5O. The van der Waals surface area contributed by atoms with Crippen LogP contribution in [0.2, 0.25) is 0 Å². The van der Waals surface area contributed by atoms with E-state index >= 15 is 0 Å². The van der Waals surface area contributed by atoms with Crippen LogP contribution in [0.1, 0.15) is 42.2 Å². The molecule has 1 N–H and O–H groups in total. The molecule has 1 saturated heterocycles. The summed E-state index contributed by atoms with van der Waals surface area (Å²) in [6, 6.07) is 14.6. The Morgan fingerprint density at radius 2 is 2.10 bits per heavy atom. The molecule has 2 atom stereocenters. The molecule has 7 heteroatoms. The number of halogens is 1. The van der Waals surface area contributed by atoms with Crippen LogP contribution in [0.15, 0.2) is 70.5 Å². The van der Waals surface area contributed by atoms with E-state index in [1.165, 1.54) is 11.1 Å². The second-order valence-corrected chi connectivity index (χ2v) is 7.69. The first-order chi connectivity index (χ1) is 14.2. The van der Waals surface area contributed by atoms with Crippen molar-refractivity contribution in [1.29, 1.82) is 0 Å². The molecule has 3 heterocycles. The predicted molar refractivity (Wildman–Crippen MR) is 130 cm³/mol. The van der Waals surface area contributed by atoms with Crippen molar-refractivity contribution >= 4 is 29.9 Å². The van der Waals surface area contributed by atoms with Gasteiger partial charge in [0.1, 0.15) is 5.76 Å². The second kappa shape index (κ2) is 10.7. The number of aromatic nitrogens is 2. The summed E-state index contributed by atoms with van der Waals surface area (Å²) in [5, 5.41) is 8.00. The van der Waals surface area contributed by atoms with E-state index in [0.717, 1.165) is 37.7 Å². The molecule has 0 saturated carbocycles. The molecular weight excluding hydrogens is 489 g/mol. The molecule has 6 nitrogen and oxygen atoms in total. The van der Waals surface area contributed by atoms with E-state index < -0.39 is 0 Å². The Morgan fingerprint density at radius 1 is 1.27 bits per heavy atom. The molecule has 1 aliphatic heterocycles. The number of furan rings is 1. The van der Waals surface area contributed by atoms with Crippen molar-refractivity contribution in [2.24, 2.45) is 12.0 Å². The lowest BCUT2D eigenvalue weighted by Gasteiger charge is -2.25. The highest BCUT2D eigenvalue weighted by molar-refractivity contribution is 14.0. The minimum Gasteiger partial charge on any atom is -0.469 e. The lowest BCUT2D eigenvalue weighted by molar-refractivity contribution is 0.470. The van der Waals surface area contributed by atoms with Crippen molar-refractivity contribution in [2.45, 2.75) is 31.7 Å². The molecule has 2 aromatic heterocycles. The summed E-state index contributed by atoms with van der Waals surface area (Å²) in [6.07, 6.45) is 7.75. The van der Waals surface area contributed by atoms with Crippen molar-refractivity contribution in [1.82, 2.24) is 20.0 Å². The Balaban J connectivity index is 0.00000256. The Bertz CT molecular complexity index is 922. The van der Waals surface area contributed by atoms with E-state index in [1.807, 2.05) is 36.1 Å². The van der Waals surface area contributed by atoms with Crippen LogP contribution < -0.4 is 5.32 Å². The van der Waals surface area contributed by atoms with Crippen molar-refractivity contribution in [3.63, 3.8) is 0 Å². The van der Waals surface area contributed by atoms with Crippen molar-refractivity contribution in [3.8, 4) is 0 Å². The lowest BCUT2D eigenvalue weighted by atomic mass is 10.0. The molecule has 0 bridgehead atoms. The van der Waals surface area contributed by atoms with Crippen LogP contribution in [-0.4, -0.2) is 40.3 Å². The van der Waals surface area contributed by atoms with Gasteiger partial charge in [-0.2, -0.15) is 5.10 Å². The predicted octanol–water partition coefficient (Wildman–Crippen LogP) is 4.37. The zero-order valence-electron chi connectivity index (χ0n) is 17.6. The highest BCUT2D eigenvalue weighted by Crippen LogP contribution is 2.27. The smallest absolute Gasteiger partial charge is 0.194 e. The summed E-state index contributed by atoms with van der Waals surface area (Å²) in [5.74, 6) is 2.44. The van der Waals surface area contributed by atoms with Crippen LogP contribution in [0.4, 0.5) is 0 Å². The molecule has 1 aliphatic rings. The standard InChI is InChI=1S/C23H29N5O.HI/c1-18(19-7-4-3-5-8-19)26-23(24-12-10-22-9-6-14-29-22)28-13-11-20(17-28)21-15-25-27(2)16-21;/h3-9,14-16,18,20H,10-13,17H2,1-2H3,(H,24,26);1H. The summed E-state index contributed by atoms with van der Waals surface area (Å²) < 4.78 is 7.34. The van der Waals surface area contributed by atoms with E-state index in [0.29, 0.717) is 12.5 Å². The summed E-state index contributed by atoms with van der Waals surface area (Å²) in [7, 11) is 1.97. The van der Waals surface area contributed by atoms with Gasteiger partial charge in [0.05, 0.1) is 18.5 Å². The molecule has 4 rings (SSSR count). The van der Waals surface area contributed by atoms with Crippen LogP contribution in [0, 0.1) is 0 Å². The number of nitrogens with one attached hydrogen (secondary N) is 1. The maximum absolute atomic E-state index is 5.46. The van der Waals surface area contributed by atoms with Gasteiger partial charge in [-0.1, -0.05) is 30.3 Å². The number of aliphatic imine (C=N–C) groups is 1. The number of guanidine groups is 1. The highest BCUT2D eigenvalue weighted by atomic mass is 127. The van der Waals surface area contributed by atoms with E-state index in [4.69, 9.17) is 9.41 Å². The molecule has 0 spiro atoms. The third-order valence-corrected chi connectivity index (χ3v) is 5.53. The lowest BCUT2D eigenvalue weighted by Crippen LogP contribution is -2.41. The molecule has 0 amide bonds. The fourth-order valence-corrected chi connectivity index (χ4v) is 3.86. The third-order valence-electron chi connectivity index (χ3n) is 5.53. The average molecular weight is 519 g/mol. The van der Waals surface area contributed by atoms with Gasteiger partial charge in [-0.3, -0.25) is 9.67 Å². The molecule has 1 aromatic carbocycles. The van der Waals surface area contributed by atoms with E-state index in [2.05, 4.69) is 52.7 Å². The van der Waals surface area contributed by atoms with Crippen LogP contribution in [0.3, 0.4) is 0 Å². The first-order valence-electron chi connectivity index (χ1n) is 10.3. The van der Waals surface area contributed by atoms with Gasteiger partial charge in [0.15, 0.2) is 5.96 Å². The molecule has 1 fully saturated rings. The number of rotatable bonds is 6. The first-order valence-corrected chi connectivity index (χ1v) is 10.3. The summed E-state index contributed by atoms with van der Waals surface area (Å²) >= 11 is 0. The summed E-state index contributed by atoms with van der Waals surface area (Å²) in [4.78, 5) is 7.30. The first kappa shape index (κ1) is 22.4. The largest absolute Gasteiger partial charge is 0.469 e. The minimum absolute atomic E-state index is 0. The number of benzene rings is 1. The van der Waals surface area contributed by atoms with Crippen LogP contribution >= 0.6 is 24.0 Å². The fraction of sp³-hybridized carbons (Fsp3) is 0.391. The molecule has 160 valence electrons. The maximum atomic E-state index is 5.46. The van der Waals surface area contributed by atoms with Crippen molar-refractivity contribution in [3.05, 3.63) is 78.0 Å². The van der Waals surface area contributed by atoms with Crippen LogP contribution in [-0.2, 0) is 13.5 Å². The summed E-state index contributed by atoms with van der Waals surface area (Å²) in [5.41, 5.74) is 2.57. The van der Waals surface area contributed by atoms with Crippen LogP contribution in [0.5, 0.6) is 0 Å². The van der Waals surface area contributed by atoms with E-state index in [-0.39, 0.29) is 30.0 Å². The molecule has 2 unspecified atom stereocenters. The summed E-state index contributed by atoms with van der Waals surface area (Å²) in [6.45, 7) is 4.84. The number of aryl methyl sites for hydroxylation is 1. The van der Waals surface area contributed by atoms with Gasteiger partial charge in [0, 0.05) is 45.2 Å². The normalized spacial score (nSPS) is 17.6. The van der Waals surface area contributed by atoms with Gasteiger partial charge in [-0.15, -0.1) is 24.0 Å². The van der Waals surface area contributed by atoms with Gasteiger partial charge >= 0.3 is 0 Å². The number of nitrogens with zero attached hydrogens (tertiary/aromatic N) is 4. The molecule has 3 aromatic rings. The van der Waals surface area contributed by atoms with Crippen LogP contribution in [0.25, 0.3) is 0 Å². The van der Waals surface area contributed by atoms with Gasteiger partial charge < -0.3 is 14.6 Å². The monoisotopic (exact) mass is 519 g/mol. The minimum atomic E-state index is 0. The quantitative estimate of drug-likeness (QED) is 0.299. The van der Waals surface area contributed by atoms with E-state index in [1.54, 1.807) is 6.26 Å². The van der Waals surface area contributed by atoms with E-state index in [9.17, 15) is 0 Å². The van der Waals surface area contributed by atoms with Gasteiger partial charge in [-0.05, 0) is 36.6 Å². The molecule has 0 radical (unpaired) electrons. The number of likely N-dealkylation sites (tertiary alicyclic amines) is 1. The third kappa shape index (κ3) is 5.65. The zero-order valence-corrected chi connectivity index (χ0v) is 19.9. The Morgan fingerprint density at radius 3 is 2.80 bits per heavy atom. The Labute approximate surface area is 195 Å². The highest BCUT2D eigenvalue weighted by Gasteiger charge is 2.27. The van der Waals surface area contributed by atoms with Crippen molar-refractivity contribution < 1.29 is 4.42 Å². The maximum Gasteiger partial charge on any atom is 0.194 e. The number of hydrogen-bond acceptors (Lipinski definition) is 3. The van der Waals surface area contributed by atoms with Gasteiger partial charge in [0.25, 0.3) is 0 Å². The van der Waals surface area contributed by atoms with Gasteiger partial charge in [-0.25, -0.2) is 0 Å².